The molecule has 25 heavy (non-hydrogen) atoms. The lowest BCUT2D eigenvalue weighted by atomic mass is 10.1. The van der Waals surface area contributed by atoms with Gasteiger partial charge in [0.2, 0.25) is 11.8 Å². The fourth-order valence-electron chi connectivity index (χ4n) is 2.79. The van der Waals surface area contributed by atoms with E-state index in [1.807, 2.05) is 25.1 Å². The Balaban J connectivity index is 1.74. The van der Waals surface area contributed by atoms with Crippen molar-refractivity contribution in [3.8, 4) is 0 Å². The molecule has 2 saturated heterocycles. The number of carbonyl (C=O) groups excluding carboxylic acids is 3. The maximum absolute atomic E-state index is 12.5. The summed E-state index contributed by atoms with van der Waals surface area (Å²) in [7, 11) is 0. The maximum Gasteiger partial charge on any atom is 0.242 e. The van der Waals surface area contributed by atoms with E-state index in [1.54, 1.807) is 11.0 Å². The van der Waals surface area contributed by atoms with Gasteiger partial charge in [0.25, 0.3) is 0 Å². The van der Waals surface area contributed by atoms with Crippen LogP contribution in [-0.2, 0) is 14.3 Å². The highest BCUT2D eigenvalue weighted by molar-refractivity contribution is 8.04. The number of carbonyl (C=O) groups is 3. The Bertz CT molecular complexity index is 726. The first kappa shape index (κ1) is 17.7. The zero-order valence-corrected chi connectivity index (χ0v) is 14.9. The Morgan fingerprint density at radius 1 is 1.24 bits per heavy atom. The van der Waals surface area contributed by atoms with Crippen LogP contribution in [0.1, 0.15) is 15.9 Å². The highest BCUT2D eigenvalue weighted by Crippen LogP contribution is 2.29. The molecule has 3 rings (SSSR count). The zero-order valence-electron chi connectivity index (χ0n) is 14.1. The molecule has 0 radical (unpaired) electrons. The van der Waals surface area contributed by atoms with E-state index in [4.69, 9.17) is 4.74 Å². The molecule has 7 heteroatoms. The number of aryl methyl sites for hydroxylation is 1. The number of ether oxygens (including phenoxy) is 1. The van der Waals surface area contributed by atoms with Crippen molar-refractivity contribution < 1.29 is 19.1 Å². The van der Waals surface area contributed by atoms with Gasteiger partial charge in [0.1, 0.15) is 6.54 Å². The number of allylic oxidation sites excluding steroid dienone is 1. The molecule has 2 aliphatic rings. The number of benzene rings is 1. The Morgan fingerprint density at radius 2 is 1.96 bits per heavy atom. The van der Waals surface area contributed by atoms with Gasteiger partial charge >= 0.3 is 0 Å². The van der Waals surface area contributed by atoms with E-state index in [-0.39, 0.29) is 29.9 Å². The van der Waals surface area contributed by atoms with Crippen LogP contribution in [-0.4, -0.2) is 66.0 Å². The van der Waals surface area contributed by atoms with Gasteiger partial charge in [0.05, 0.1) is 24.0 Å². The lowest BCUT2D eigenvalue weighted by Gasteiger charge is -2.28. The summed E-state index contributed by atoms with van der Waals surface area (Å²) < 4.78 is 5.24. The van der Waals surface area contributed by atoms with Crippen LogP contribution in [0.25, 0.3) is 0 Å². The van der Waals surface area contributed by atoms with E-state index in [1.165, 1.54) is 22.7 Å². The number of hydrogen-bond donors (Lipinski definition) is 0. The molecule has 132 valence electrons. The standard InChI is InChI=1S/C18H20N2O4S/c1-13-4-2-3-5-14(13)15(21)10-18-20(17(23)12-25-18)11-16(22)19-6-8-24-9-7-19/h2-5,10H,6-9,11-12H2,1H3/b18-10-. The Morgan fingerprint density at radius 3 is 2.68 bits per heavy atom. The van der Waals surface area contributed by atoms with Crippen molar-refractivity contribution in [3.05, 3.63) is 46.5 Å². The SMILES string of the molecule is Cc1ccccc1C(=O)/C=C1\SCC(=O)N1CC(=O)N1CCOCC1. The zero-order chi connectivity index (χ0) is 17.8. The normalized spacial score (nSPS) is 19.6. The molecule has 0 aliphatic carbocycles. The third-order valence-corrected chi connectivity index (χ3v) is 5.26. The van der Waals surface area contributed by atoms with Crippen LogP contribution in [0.2, 0.25) is 0 Å². The quantitative estimate of drug-likeness (QED) is 0.601. The molecule has 0 unspecified atom stereocenters. The highest BCUT2D eigenvalue weighted by atomic mass is 32.2. The van der Waals surface area contributed by atoms with E-state index in [0.717, 1.165) is 5.56 Å². The topological polar surface area (TPSA) is 66.9 Å². The summed E-state index contributed by atoms with van der Waals surface area (Å²) in [6.07, 6.45) is 1.46. The predicted molar refractivity (Wildman–Crippen MR) is 95.2 cm³/mol. The molecule has 1 aromatic rings. The van der Waals surface area contributed by atoms with Crippen LogP contribution in [0.15, 0.2) is 35.4 Å². The second-order valence-corrected chi connectivity index (χ2v) is 6.92. The van der Waals surface area contributed by atoms with Gasteiger partial charge in [-0.3, -0.25) is 19.3 Å². The van der Waals surface area contributed by atoms with Crippen LogP contribution in [0.5, 0.6) is 0 Å². The summed E-state index contributed by atoms with van der Waals surface area (Å²) in [6, 6.07) is 7.32. The van der Waals surface area contributed by atoms with Crippen molar-refractivity contribution in [2.45, 2.75) is 6.92 Å². The number of rotatable bonds is 4. The minimum atomic E-state index is -0.154. The van der Waals surface area contributed by atoms with Gasteiger partial charge in [-0.2, -0.15) is 0 Å². The third kappa shape index (κ3) is 4.11. The molecule has 6 nitrogen and oxygen atoms in total. The summed E-state index contributed by atoms with van der Waals surface area (Å²) in [6.45, 7) is 3.95. The lowest BCUT2D eigenvalue weighted by Crippen LogP contribution is -2.45. The second-order valence-electron chi connectivity index (χ2n) is 5.92. The molecular formula is C18H20N2O4S. The number of hydrogen-bond acceptors (Lipinski definition) is 5. The van der Waals surface area contributed by atoms with E-state index in [9.17, 15) is 14.4 Å². The molecule has 1 aromatic carbocycles. The number of ketones is 1. The van der Waals surface area contributed by atoms with Gasteiger partial charge in [-0.05, 0) is 12.5 Å². The van der Waals surface area contributed by atoms with Crippen molar-refractivity contribution in [3.63, 3.8) is 0 Å². The first-order valence-corrected chi connectivity index (χ1v) is 9.15. The molecule has 0 bridgehead atoms. The van der Waals surface area contributed by atoms with Crippen LogP contribution in [0.3, 0.4) is 0 Å². The second kappa shape index (κ2) is 7.84. The van der Waals surface area contributed by atoms with E-state index >= 15 is 0 Å². The van der Waals surface area contributed by atoms with Crippen LogP contribution in [0, 0.1) is 6.92 Å². The molecule has 0 spiro atoms. The van der Waals surface area contributed by atoms with Gasteiger partial charge in [-0.25, -0.2) is 0 Å². The number of amides is 2. The largest absolute Gasteiger partial charge is 0.378 e. The van der Waals surface area contributed by atoms with Crippen molar-refractivity contribution in [2.24, 2.45) is 0 Å². The van der Waals surface area contributed by atoms with Gasteiger partial charge in [0, 0.05) is 24.7 Å². The number of nitrogens with zero attached hydrogens (tertiary/aromatic N) is 2. The average molecular weight is 360 g/mol. The van der Waals surface area contributed by atoms with Gasteiger partial charge < -0.3 is 9.64 Å². The van der Waals surface area contributed by atoms with E-state index in [2.05, 4.69) is 0 Å². The number of morpholine rings is 1. The van der Waals surface area contributed by atoms with Crippen molar-refractivity contribution in [2.75, 3.05) is 38.6 Å². The molecule has 2 heterocycles. The molecule has 2 aliphatic heterocycles. The monoisotopic (exact) mass is 360 g/mol. The van der Waals surface area contributed by atoms with Gasteiger partial charge in [-0.15, -0.1) is 0 Å². The summed E-state index contributed by atoms with van der Waals surface area (Å²) in [5.41, 5.74) is 1.49. The van der Waals surface area contributed by atoms with Crippen LogP contribution >= 0.6 is 11.8 Å². The van der Waals surface area contributed by atoms with Crippen molar-refractivity contribution in [1.82, 2.24) is 9.80 Å². The Labute approximate surface area is 150 Å². The smallest absolute Gasteiger partial charge is 0.242 e. The summed E-state index contributed by atoms with van der Waals surface area (Å²) >= 11 is 1.30. The first-order chi connectivity index (χ1) is 12.1. The summed E-state index contributed by atoms with van der Waals surface area (Å²) in [5, 5.41) is 0.542. The maximum atomic E-state index is 12.5. The van der Waals surface area contributed by atoms with Crippen LogP contribution in [0.4, 0.5) is 0 Å². The molecule has 2 amide bonds. The Kier molecular flexibility index (Phi) is 5.55. The van der Waals surface area contributed by atoms with E-state index in [0.29, 0.717) is 36.9 Å². The molecule has 0 atom stereocenters. The van der Waals surface area contributed by atoms with E-state index < -0.39 is 0 Å². The molecule has 0 saturated carbocycles. The van der Waals surface area contributed by atoms with Crippen molar-refractivity contribution >= 4 is 29.4 Å². The third-order valence-electron chi connectivity index (χ3n) is 4.23. The Hall–Kier alpha value is -2.12. The summed E-state index contributed by atoms with van der Waals surface area (Å²) in [5.74, 6) is -0.161. The lowest BCUT2D eigenvalue weighted by molar-refractivity contribution is -0.139. The molecular weight excluding hydrogens is 340 g/mol. The van der Waals surface area contributed by atoms with Gasteiger partial charge in [-0.1, -0.05) is 36.0 Å². The predicted octanol–water partition coefficient (Wildman–Crippen LogP) is 1.45. The minimum Gasteiger partial charge on any atom is -0.378 e. The molecule has 2 fully saturated rings. The number of thioether (sulfide) groups is 1. The van der Waals surface area contributed by atoms with Crippen LogP contribution < -0.4 is 0 Å². The fraction of sp³-hybridized carbons (Fsp3) is 0.389. The molecule has 0 aromatic heterocycles. The molecule has 0 N–H and O–H groups in total. The minimum absolute atomic E-state index is 0.0290. The average Bonchev–Trinajstić information content (AvgIpc) is 2.96. The first-order valence-electron chi connectivity index (χ1n) is 8.16. The van der Waals surface area contributed by atoms with Crippen molar-refractivity contribution in [1.29, 1.82) is 0 Å². The van der Waals surface area contributed by atoms with Gasteiger partial charge in [0.15, 0.2) is 5.78 Å². The highest BCUT2D eigenvalue weighted by Gasteiger charge is 2.31. The fourth-order valence-corrected chi connectivity index (χ4v) is 3.73. The summed E-state index contributed by atoms with van der Waals surface area (Å²) in [4.78, 5) is 40.2.